The minimum Gasteiger partial charge on any atom is -0.356 e. The van der Waals surface area contributed by atoms with Crippen molar-refractivity contribution in [1.82, 2.24) is 26.9 Å². The third-order valence-corrected chi connectivity index (χ3v) is 5.70. The van der Waals surface area contributed by atoms with Crippen LogP contribution in [0.5, 0.6) is 0 Å². The molecule has 0 aromatic heterocycles. The van der Waals surface area contributed by atoms with Crippen LogP contribution in [0.1, 0.15) is 38.5 Å². The molecule has 0 aliphatic heterocycles. The molecule has 0 bridgehead atoms. The maximum atomic E-state index is 11.6. The molecule has 156 valence electrons. The number of hydrogen-bond donors (Lipinski definition) is 6. The van der Waals surface area contributed by atoms with Crippen LogP contribution in [-0.4, -0.2) is 55.3 Å². The average molecular weight is 423 g/mol. The lowest BCUT2D eigenvalue weighted by Gasteiger charge is -2.06. The molecule has 0 fully saturated rings. The summed E-state index contributed by atoms with van der Waals surface area (Å²) in [7, 11) is 4.95. The van der Waals surface area contributed by atoms with Crippen LogP contribution < -0.4 is 32.8 Å². The Morgan fingerprint density at radius 3 is 1.67 bits per heavy atom. The molecule has 0 aromatic carbocycles. The predicted molar refractivity (Wildman–Crippen MR) is 108 cm³/mol. The molecule has 0 aromatic rings. The number of carbonyl (C=O) groups excluding carboxylic acids is 4. The molecule has 27 heavy (non-hydrogen) atoms. The van der Waals surface area contributed by atoms with Crippen molar-refractivity contribution in [2.75, 3.05) is 31.6 Å². The Bertz CT molecular complexity index is 468. The van der Waals surface area contributed by atoms with E-state index in [4.69, 9.17) is 5.84 Å². The first-order valence-corrected chi connectivity index (χ1v) is 11.2. The van der Waals surface area contributed by atoms with Crippen molar-refractivity contribution in [2.24, 2.45) is 5.84 Å². The van der Waals surface area contributed by atoms with Gasteiger partial charge in [-0.05, 0) is 12.8 Å². The van der Waals surface area contributed by atoms with E-state index < -0.39 is 0 Å². The summed E-state index contributed by atoms with van der Waals surface area (Å²) in [6, 6.07) is 0. The molecule has 12 heteroatoms. The van der Waals surface area contributed by atoms with Crippen molar-refractivity contribution in [3.63, 3.8) is 0 Å². The van der Waals surface area contributed by atoms with E-state index in [0.717, 1.165) is 24.3 Å². The van der Waals surface area contributed by atoms with Gasteiger partial charge in [-0.1, -0.05) is 21.6 Å². The van der Waals surface area contributed by atoms with E-state index in [-0.39, 0.29) is 43.0 Å². The molecule has 0 aliphatic carbocycles. The third kappa shape index (κ3) is 17.7. The van der Waals surface area contributed by atoms with Crippen LogP contribution in [0.3, 0.4) is 0 Å². The Morgan fingerprint density at radius 2 is 1.22 bits per heavy atom. The molecular weight excluding hydrogens is 392 g/mol. The van der Waals surface area contributed by atoms with Crippen molar-refractivity contribution in [3.05, 3.63) is 0 Å². The maximum Gasteiger partial charge on any atom is 0.235 e. The maximum absolute atomic E-state index is 11.6. The average Bonchev–Trinajstić information content (AvgIpc) is 2.63. The lowest BCUT2D eigenvalue weighted by atomic mass is 10.3. The van der Waals surface area contributed by atoms with Crippen molar-refractivity contribution < 1.29 is 19.2 Å². The summed E-state index contributed by atoms with van der Waals surface area (Å²) in [5.41, 5.74) is 6.96. The summed E-state index contributed by atoms with van der Waals surface area (Å²) in [6.07, 6.45) is 2.77. The highest BCUT2D eigenvalue weighted by atomic mass is 33.1. The van der Waals surface area contributed by atoms with Crippen LogP contribution in [-0.2, 0) is 19.2 Å². The van der Waals surface area contributed by atoms with E-state index >= 15 is 0 Å². The first kappa shape index (κ1) is 25.5. The number of amides is 4. The fourth-order valence-electron chi connectivity index (χ4n) is 1.78. The number of carbonyl (C=O) groups is 4. The van der Waals surface area contributed by atoms with Crippen LogP contribution in [0.25, 0.3) is 0 Å². The normalized spacial score (nSPS) is 10.1. The van der Waals surface area contributed by atoms with Gasteiger partial charge in [-0.2, -0.15) is 0 Å². The van der Waals surface area contributed by atoms with E-state index in [1.165, 1.54) is 0 Å². The highest BCUT2D eigenvalue weighted by Crippen LogP contribution is 2.23. The van der Waals surface area contributed by atoms with Gasteiger partial charge in [-0.3, -0.25) is 30.0 Å². The molecule has 0 saturated carbocycles. The Balaban J connectivity index is 3.39. The van der Waals surface area contributed by atoms with Gasteiger partial charge >= 0.3 is 0 Å². The quantitative estimate of drug-likeness (QED) is 0.0620. The van der Waals surface area contributed by atoms with E-state index in [9.17, 15) is 19.2 Å². The monoisotopic (exact) mass is 422 g/mol. The van der Waals surface area contributed by atoms with Gasteiger partial charge in [0.15, 0.2) is 0 Å². The second-order valence-corrected chi connectivity index (χ2v) is 8.12. The summed E-state index contributed by atoms with van der Waals surface area (Å²) in [6.45, 7) is 0.610. The van der Waals surface area contributed by atoms with Gasteiger partial charge in [0.2, 0.25) is 23.6 Å². The zero-order chi connectivity index (χ0) is 20.3. The van der Waals surface area contributed by atoms with Crippen molar-refractivity contribution in [3.8, 4) is 0 Å². The van der Waals surface area contributed by atoms with Crippen molar-refractivity contribution in [1.29, 1.82) is 0 Å². The lowest BCUT2D eigenvalue weighted by molar-refractivity contribution is -0.124. The number of nitrogens with two attached hydrogens (primary N) is 1. The largest absolute Gasteiger partial charge is 0.356 e. The standard InChI is InChI=1S/C15H30N6O4S2/c1-17-21-15(25)7-9-19-13(23)5-3-11-27-26-10-2-4-12(22)18-8-6-14(24)20-16/h17H,2-11,16H2,1H3,(H,18,22)(H,19,23)(H,20,24)(H,21,25). The van der Waals surface area contributed by atoms with Crippen molar-refractivity contribution >= 4 is 45.2 Å². The van der Waals surface area contributed by atoms with Gasteiger partial charge < -0.3 is 10.6 Å². The molecule has 0 heterocycles. The van der Waals surface area contributed by atoms with Gasteiger partial charge in [0.05, 0.1) is 0 Å². The van der Waals surface area contributed by atoms with Crippen LogP contribution >= 0.6 is 21.6 Å². The van der Waals surface area contributed by atoms with E-state index in [0.29, 0.717) is 19.4 Å². The summed E-state index contributed by atoms with van der Waals surface area (Å²) >= 11 is 0. The highest BCUT2D eigenvalue weighted by molar-refractivity contribution is 8.76. The van der Waals surface area contributed by atoms with Crippen molar-refractivity contribution in [2.45, 2.75) is 38.5 Å². The molecule has 0 rings (SSSR count). The molecule has 7 N–H and O–H groups in total. The number of hydrazine groups is 2. The number of rotatable bonds is 16. The topological polar surface area (TPSA) is 154 Å². The second kappa shape index (κ2) is 17.9. The smallest absolute Gasteiger partial charge is 0.235 e. The second-order valence-electron chi connectivity index (χ2n) is 5.42. The summed E-state index contributed by atoms with van der Waals surface area (Å²) in [5.74, 6) is 6.01. The first-order chi connectivity index (χ1) is 13.0. The first-order valence-electron chi connectivity index (χ1n) is 8.72. The summed E-state index contributed by atoms with van der Waals surface area (Å²) < 4.78 is 0. The minimum atomic E-state index is -0.310. The lowest BCUT2D eigenvalue weighted by Crippen LogP contribution is -2.36. The molecule has 0 radical (unpaired) electrons. The SMILES string of the molecule is CNNC(=O)CCNC(=O)CCCSSCCCC(=O)NCCC(=O)NN. The summed E-state index contributed by atoms with van der Waals surface area (Å²) in [5, 5.41) is 5.36. The molecular formula is C15H30N6O4S2. The molecule has 0 unspecified atom stereocenters. The zero-order valence-corrected chi connectivity index (χ0v) is 17.2. The minimum absolute atomic E-state index is 0.0576. The number of nitrogens with one attached hydrogen (secondary N) is 5. The van der Waals surface area contributed by atoms with Crippen LogP contribution in [0.15, 0.2) is 0 Å². The summed E-state index contributed by atoms with van der Waals surface area (Å²) in [4.78, 5) is 45.2. The Labute approximate surface area is 167 Å². The molecule has 0 atom stereocenters. The molecule has 4 amide bonds. The Morgan fingerprint density at radius 1 is 0.741 bits per heavy atom. The fourth-order valence-corrected chi connectivity index (χ4v) is 3.96. The molecule has 0 aliphatic rings. The van der Waals surface area contributed by atoms with Gasteiger partial charge in [0.25, 0.3) is 0 Å². The molecule has 10 nitrogen and oxygen atoms in total. The Hall–Kier alpha value is -1.50. The van der Waals surface area contributed by atoms with Crippen LogP contribution in [0, 0.1) is 0 Å². The van der Waals surface area contributed by atoms with Crippen LogP contribution in [0.4, 0.5) is 0 Å². The number of hydrogen-bond acceptors (Lipinski definition) is 8. The van der Waals surface area contributed by atoms with Gasteiger partial charge in [0, 0.05) is 57.3 Å². The Kier molecular flexibility index (Phi) is 16.9. The van der Waals surface area contributed by atoms with E-state index in [1.54, 1.807) is 28.6 Å². The fraction of sp³-hybridized carbons (Fsp3) is 0.733. The molecule has 0 saturated heterocycles. The van der Waals surface area contributed by atoms with E-state index in [2.05, 4.69) is 21.5 Å². The van der Waals surface area contributed by atoms with Gasteiger partial charge in [0.1, 0.15) is 0 Å². The highest BCUT2D eigenvalue weighted by Gasteiger charge is 2.05. The third-order valence-electron chi connectivity index (χ3n) is 3.12. The van der Waals surface area contributed by atoms with Gasteiger partial charge in [-0.25, -0.2) is 11.3 Å². The molecule has 0 spiro atoms. The van der Waals surface area contributed by atoms with Crippen LogP contribution in [0.2, 0.25) is 0 Å². The van der Waals surface area contributed by atoms with E-state index in [1.807, 2.05) is 5.43 Å². The predicted octanol–water partition coefficient (Wildman–Crippen LogP) is -0.819. The zero-order valence-electron chi connectivity index (χ0n) is 15.6. The van der Waals surface area contributed by atoms with Gasteiger partial charge in [-0.15, -0.1) is 0 Å².